The Bertz CT molecular complexity index is 473. The average Bonchev–Trinajstić information content (AvgIpc) is 2.16. The van der Waals surface area contributed by atoms with Gasteiger partial charge in [-0.25, -0.2) is 13.8 Å². The van der Waals surface area contributed by atoms with E-state index in [1.165, 1.54) is 0 Å². The molecule has 0 bridgehead atoms. The van der Waals surface area contributed by atoms with Crippen LogP contribution in [0, 0.1) is 21.4 Å². The Morgan fingerprint density at radius 2 is 2.31 bits per heavy atom. The molecule has 0 aliphatic carbocycles. The standard InChI is InChI=1S/C8H4ClF2N3O2/c9-6-3-4(8(10)11)7(14(15)16)5(13-6)1-2-12/h3,8H,1H2. The maximum Gasteiger partial charge on any atom is 0.300 e. The maximum absolute atomic E-state index is 12.5. The zero-order valence-corrected chi connectivity index (χ0v) is 8.41. The molecular weight excluding hydrogens is 244 g/mol. The van der Waals surface area contributed by atoms with Crippen LogP contribution in [0.1, 0.15) is 17.7 Å². The van der Waals surface area contributed by atoms with E-state index < -0.39 is 29.0 Å². The van der Waals surface area contributed by atoms with Crippen LogP contribution in [0.3, 0.4) is 0 Å². The molecule has 0 radical (unpaired) electrons. The van der Waals surface area contributed by atoms with Gasteiger partial charge >= 0.3 is 5.69 Å². The Kier molecular flexibility index (Phi) is 3.68. The van der Waals surface area contributed by atoms with Gasteiger partial charge in [0.1, 0.15) is 16.4 Å². The second-order valence-electron chi connectivity index (χ2n) is 2.72. The molecule has 0 fully saturated rings. The highest BCUT2D eigenvalue weighted by atomic mass is 35.5. The van der Waals surface area contributed by atoms with Gasteiger partial charge in [0.2, 0.25) is 0 Å². The van der Waals surface area contributed by atoms with Crippen LogP contribution in [0.15, 0.2) is 6.07 Å². The van der Waals surface area contributed by atoms with Gasteiger partial charge in [-0.05, 0) is 6.07 Å². The molecule has 5 nitrogen and oxygen atoms in total. The minimum Gasteiger partial charge on any atom is -0.258 e. The third kappa shape index (κ3) is 2.41. The predicted molar refractivity (Wildman–Crippen MR) is 50.2 cm³/mol. The van der Waals surface area contributed by atoms with Gasteiger partial charge in [0.25, 0.3) is 6.43 Å². The van der Waals surface area contributed by atoms with E-state index in [0.29, 0.717) is 0 Å². The first-order chi connectivity index (χ1) is 7.47. The molecular formula is C8H4ClF2N3O2. The monoisotopic (exact) mass is 247 g/mol. The fourth-order valence-electron chi connectivity index (χ4n) is 1.15. The van der Waals surface area contributed by atoms with Gasteiger partial charge in [-0.3, -0.25) is 10.1 Å². The lowest BCUT2D eigenvalue weighted by molar-refractivity contribution is -0.387. The molecule has 0 amide bonds. The normalized spacial score (nSPS) is 10.2. The molecule has 1 aromatic heterocycles. The molecule has 0 aliphatic heterocycles. The molecule has 1 heterocycles. The van der Waals surface area contributed by atoms with Gasteiger partial charge in [0, 0.05) is 0 Å². The molecule has 0 aromatic carbocycles. The van der Waals surface area contributed by atoms with Crippen molar-refractivity contribution in [3.8, 4) is 6.07 Å². The fourth-order valence-corrected chi connectivity index (χ4v) is 1.37. The zero-order chi connectivity index (χ0) is 12.3. The van der Waals surface area contributed by atoms with Gasteiger partial charge in [-0.15, -0.1) is 0 Å². The molecule has 1 rings (SSSR count). The average molecular weight is 248 g/mol. The Hall–Kier alpha value is -1.81. The van der Waals surface area contributed by atoms with E-state index in [4.69, 9.17) is 16.9 Å². The van der Waals surface area contributed by atoms with Crippen LogP contribution in [0.25, 0.3) is 0 Å². The molecule has 0 saturated carbocycles. The van der Waals surface area contributed by atoms with E-state index in [0.717, 1.165) is 6.07 Å². The van der Waals surface area contributed by atoms with Crippen molar-refractivity contribution in [2.45, 2.75) is 12.8 Å². The highest BCUT2D eigenvalue weighted by Crippen LogP contribution is 2.33. The molecule has 16 heavy (non-hydrogen) atoms. The van der Waals surface area contributed by atoms with Gasteiger partial charge in [0.05, 0.1) is 17.4 Å². The van der Waals surface area contributed by atoms with Crippen molar-refractivity contribution < 1.29 is 13.7 Å². The number of nitro groups is 1. The Morgan fingerprint density at radius 1 is 1.69 bits per heavy atom. The summed E-state index contributed by atoms with van der Waals surface area (Å²) in [6.45, 7) is 0. The number of alkyl halides is 2. The molecule has 8 heteroatoms. The van der Waals surface area contributed by atoms with Gasteiger partial charge in [-0.1, -0.05) is 11.6 Å². The molecule has 0 atom stereocenters. The van der Waals surface area contributed by atoms with Crippen molar-refractivity contribution in [1.29, 1.82) is 5.26 Å². The largest absolute Gasteiger partial charge is 0.300 e. The number of hydrogen-bond donors (Lipinski definition) is 0. The fraction of sp³-hybridized carbons (Fsp3) is 0.250. The van der Waals surface area contributed by atoms with E-state index in [2.05, 4.69) is 4.98 Å². The number of rotatable bonds is 3. The second-order valence-corrected chi connectivity index (χ2v) is 3.11. The summed E-state index contributed by atoms with van der Waals surface area (Å²) in [5, 5.41) is 18.7. The third-order valence-electron chi connectivity index (χ3n) is 1.73. The minimum atomic E-state index is -3.04. The second kappa shape index (κ2) is 4.81. The number of aromatic nitrogens is 1. The maximum atomic E-state index is 12.5. The number of hydrogen-bond acceptors (Lipinski definition) is 4. The van der Waals surface area contributed by atoms with E-state index in [-0.39, 0.29) is 10.8 Å². The van der Waals surface area contributed by atoms with Crippen LogP contribution in [-0.4, -0.2) is 9.91 Å². The van der Waals surface area contributed by atoms with Crippen molar-refractivity contribution in [2.75, 3.05) is 0 Å². The van der Waals surface area contributed by atoms with Crippen molar-refractivity contribution in [1.82, 2.24) is 4.98 Å². The molecule has 0 saturated heterocycles. The summed E-state index contributed by atoms with van der Waals surface area (Å²) < 4.78 is 25.0. The van der Waals surface area contributed by atoms with E-state index >= 15 is 0 Å². The molecule has 84 valence electrons. The lowest BCUT2D eigenvalue weighted by Crippen LogP contribution is -2.03. The van der Waals surface area contributed by atoms with E-state index in [1.54, 1.807) is 6.07 Å². The Labute approximate surface area is 93.4 Å². The highest BCUT2D eigenvalue weighted by Gasteiger charge is 2.27. The van der Waals surface area contributed by atoms with Crippen LogP contribution in [0.2, 0.25) is 5.15 Å². The van der Waals surface area contributed by atoms with Crippen LogP contribution in [0.5, 0.6) is 0 Å². The lowest BCUT2D eigenvalue weighted by Gasteiger charge is -2.05. The van der Waals surface area contributed by atoms with Crippen molar-refractivity contribution in [2.24, 2.45) is 0 Å². The topological polar surface area (TPSA) is 79.8 Å². The van der Waals surface area contributed by atoms with E-state index in [9.17, 15) is 18.9 Å². The summed E-state index contributed by atoms with van der Waals surface area (Å²) in [6, 6.07) is 2.33. The molecule has 0 aliphatic rings. The molecule has 0 spiro atoms. The number of nitriles is 1. The predicted octanol–water partition coefficient (Wildman–Crippen LogP) is 2.65. The van der Waals surface area contributed by atoms with E-state index in [1.807, 2.05) is 0 Å². The van der Waals surface area contributed by atoms with Crippen molar-refractivity contribution in [3.05, 3.63) is 32.6 Å². The number of nitrogens with zero attached hydrogens (tertiary/aromatic N) is 3. The highest BCUT2D eigenvalue weighted by molar-refractivity contribution is 6.29. The van der Waals surface area contributed by atoms with Crippen molar-refractivity contribution in [3.63, 3.8) is 0 Å². The first kappa shape index (κ1) is 12.3. The summed E-state index contributed by atoms with van der Waals surface area (Å²) in [5.41, 5.74) is -2.02. The van der Waals surface area contributed by atoms with Crippen LogP contribution in [-0.2, 0) is 6.42 Å². The van der Waals surface area contributed by atoms with Crippen LogP contribution in [0.4, 0.5) is 14.5 Å². The zero-order valence-electron chi connectivity index (χ0n) is 7.65. The summed E-state index contributed by atoms with van der Waals surface area (Å²) >= 11 is 5.43. The summed E-state index contributed by atoms with van der Waals surface area (Å²) in [5.74, 6) is 0. The Balaban J connectivity index is 3.48. The lowest BCUT2D eigenvalue weighted by atomic mass is 10.1. The van der Waals surface area contributed by atoms with Gasteiger partial charge in [0.15, 0.2) is 0 Å². The number of halogens is 3. The minimum absolute atomic E-state index is 0.300. The molecule has 0 unspecified atom stereocenters. The van der Waals surface area contributed by atoms with Crippen molar-refractivity contribution >= 4 is 17.3 Å². The summed E-state index contributed by atoms with van der Waals surface area (Å²) in [4.78, 5) is 13.1. The molecule has 1 aromatic rings. The van der Waals surface area contributed by atoms with Crippen LogP contribution >= 0.6 is 11.6 Å². The first-order valence-corrected chi connectivity index (χ1v) is 4.34. The third-order valence-corrected chi connectivity index (χ3v) is 1.92. The van der Waals surface area contributed by atoms with Gasteiger partial charge in [-0.2, -0.15) is 5.26 Å². The smallest absolute Gasteiger partial charge is 0.258 e. The quantitative estimate of drug-likeness (QED) is 0.467. The SMILES string of the molecule is N#CCc1nc(Cl)cc(C(F)F)c1[N+](=O)[O-]. The Morgan fingerprint density at radius 3 is 2.75 bits per heavy atom. The summed E-state index contributed by atoms with van der Waals surface area (Å²) in [7, 11) is 0. The first-order valence-electron chi connectivity index (χ1n) is 3.96. The molecule has 0 N–H and O–H groups in total. The van der Waals surface area contributed by atoms with Crippen LogP contribution < -0.4 is 0 Å². The summed E-state index contributed by atoms with van der Waals surface area (Å²) in [6.07, 6.45) is -3.49. The number of pyridine rings is 1. The van der Waals surface area contributed by atoms with Gasteiger partial charge < -0.3 is 0 Å².